The fourth-order valence-corrected chi connectivity index (χ4v) is 2.00. The summed E-state index contributed by atoms with van der Waals surface area (Å²) in [5.41, 5.74) is 6.44. The van der Waals surface area contributed by atoms with Gasteiger partial charge in [-0.15, -0.1) is 0 Å². The van der Waals surface area contributed by atoms with Gasteiger partial charge in [0.25, 0.3) is 0 Å². The van der Waals surface area contributed by atoms with Crippen LogP contribution < -0.4 is 11.1 Å². The van der Waals surface area contributed by atoms with Crippen LogP contribution in [-0.4, -0.2) is 22.6 Å². The maximum absolute atomic E-state index is 10.4. The zero-order valence-electron chi connectivity index (χ0n) is 10.2. The maximum atomic E-state index is 10.4. The molecule has 0 unspecified atom stereocenters. The van der Waals surface area contributed by atoms with Gasteiger partial charge in [0.1, 0.15) is 5.82 Å². The van der Waals surface area contributed by atoms with Crippen molar-refractivity contribution in [1.82, 2.24) is 4.98 Å². The van der Waals surface area contributed by atoms with Gasteiger partial charge in [-0.05, 0) is 24.6 Å². The maximum Gasteiger partial charge on any atom is 0.303 e. The first kappa shape index (κ1) is 13.4. The normalized spacial score (nSPS) is 10.6. The molecule has 1 heterocycles. The molecule has 2 aromatic rings. The van der Waals surface area contributed by atoms with Crippen molar-refractivity contribution in [3.05, 3.63) is 29.4 Å². The number of pyridine rings is 1. The van der Waals surface area contributed by atoms with Crippen LogP contribution in [0.4, 0.5) is 11.5 Å². The van der Waals surface area contributed by atoms with Crippen molar-refractivity contribution in [3.8, 4) is 0 Å². The van der Waals surface area contributed by atoms with Gasteiger partial charge in [-0.1, -0.05) is 11.6 Å². The average Bonchev–Trinajstić information content (AvgIpc) is 2.39. The Balaban J connectivity index is 2.20. The topological polar surface area (TPSA) is 88.2 Å². The van der Waals surface area contributed by atoms with Crippen molar-refractivity contribution in [2.75, 3.05) is 17.6 Å². The second kappa shape index (κ2) is 5.75. The molecule has 0 aliphatic carbocycles. The quantitative estimate of drug-likeness (QED) is 0.578. The van der Waals surface area contributed by atoms with Gasteiger partial charge < -0.3 is 16.2 Å². The number of aliphatic carboxylic acids is 1. The van der Waals surface area contributed by atoms with Gasteiger partial charge in [0.05, 0.1) is 10.7 Å². The van der Waals surface area contributed by atoms with E-state index in [4.69, 9.17) is 22.4 Å². The Morgan fingerprint density at radius 2 is 2.16 bits per heavy atom. The number of fused-ring (bicyclic) bond motifs is 1. The smallest absolute Gasteiger partial charge is 0.303 e. The minimum absolute atomic E-state index is 0.131. The lowest BCUT2D eigenvalue weighted by Gasteiger charge is -2.10. The van der Waals surface area contributed by atoms with Crippen LogP contribution in [0.1, 0.15) is 12.8 Å². The predicted octanol–water partition coefficient (Wildman–Crippen LogP) is 2.75. The second-order valence-electron chi connectivity index (χ2n) is 4.14. The number of carboxylic acid groups (broad SMARTS) is 1. The first-order valence-electron chi connectivity index (χ1n) is 5.88. The van der Waals surface area contributed by atoms with E-state index in [1.165, 1.54) is 0 Å². The third-order valence-electron chi connectivity index (χ3n) is 2.79. The summed E-state index contributed by atoms with van der Waals surface area (Å²) in [5.74, 6) is -0.116. The fourth-order valence-electron chi connectivity index (χ4n) is 1.84. The van der Waals surface area contributed by atoms with Crippen molar-refractivity contribution in [1.29, 1.82) is 0 Å². The van der Waals surface area contributed by atoms with Crippen molar-refractivity contribution in [3.63, 3.8) is 0 Å². The number of carboxylic acids is 1. The second-order valence-corrected chi connectivity index (χ2v) is 4.55. The molecule has 6 heteroatoms. The van der Waals surface area contributed by atoms with Gasteiger partial charge in [0.2, 0.25) is 0 Å². The minimum Gasteiger partial charge on any atom is -0.481 e. The van der Waals surface area contributed by atoms with Crippen LogP contribution in [0.15, 0.2) is 24.4 Å². The Kier molecular flexibility index (Phi) is 4.06. The van der Waals surface area contributed by atoms with E-state index in [1.807, 2.05) is 6.07 Å². The highest BCUT2D eigenvalue weighted by atomic mass is 35.5. The average molecular weight is 280 g/mol. The zero-order valence-corrected chi connectivity index (χ0v) is 10.9. The molecule has 0 aliphatic heterocycles. The Hall–Kier alpha value is -2.01. The molecule has 0 bridgehead atoms. The number of nitrogens with two attached hydrogens (primary N) is 1. The van der Waals surface area contributed by atoms with Gasteiger partial charge >= 0.3 is 5.97 Å². The third kappa shape index (κ3) is 3.06. The molecule has 1 aromatic carbocycles. The molecule has 0 saturated heterocycles. The van der Waals surface area contributed by atoms with E-state index in [1.54, 1.807) is 18.3 Å². The number of halogens is 1. The van der Waals surface area contributed by atoms with Crippen molar-refractivity contribution in [2.45, 2.75) is 12.8 Å². The molecule has 0 aliphatic rings. The van der Waals surface area contributed by atoms with Gasteiger partial charge in [-0.2, -0.15) is 0 Å². The molecule has 0 atom stereocenters. The van der Waals surface area contributed by atoms with Crippen LogP contribution in [0, 0.1) is 0 Å². The molecule has 2 rings (SSSR count). The van der Waals surface area contributed by atoms with Crippen LogP contribution in [0.2, 0.25) is 5.02 Å². The number of aromatic nitrogens is 1. The van der Waals surface area contributed by atoms with E-state index < -0.39 is 5.97 Å². The summed E-state index contributed by atoms with van der Waals surface area (Å²) in [6.07, 6.45) is 2.32. The molecule has 0 spiro atoms. The van der Waals surface area contributed by atoms with Crippen molar-refractivity contribution >= 4 is 39.8 Å². The van der Waals surface area contributed by atoms with Crippen molar-refractivity contribution < 1.29 is 9.90 Å². The SMILES string of the molecule is Nc1c(Cl)ccc2c(NCCCC(=O)O)nccc12. The lowest BCUT2D eigenvalue weighted by atomic mass is 10.1. The Labute approximate surface area is 115 Å². The minimum atomic E-state index is -0.802. The highest BCUT2D eigenvalue weighted by Crippen LogP contribution is 2.31. The summed E-state index contributed by atoms with van der Waals surface area (Å²) in [7, 11) is 0. The number of nitrogens with zero attached hydrogens (tertiary/aromatic N) is 1. The number of carbonyl (C=O) groups is 1. The lowest BCUT2D eigenvalue weighted by Crippen LogP contribution is -2.06. The number of hydrogen-bond acceptors (Lipinski definition) is 4. The summed E-state index contributed by atoms with van der Waals surface area (Å²) in [6.45, 7) is 0.543. The molecule has 100 valence electrons. The molecular formula is C13H14ClN3O2. The first-order valence-corrected chi connectivity index (χ1v) is 6.25. The number of hydrogen-bond donors (Lipinski definition) is 3. The monoisotopic (exact) mass is 279 g/mol. The third-order valence-corrected chi connectivity index (χ3v) is 3.12. The van der Waals surface area contributed by atoms with E-state index in [9.17, 15) is 4.79 Å². The summed E-state index contributed by atoms with van der Waals surface area (Å²) < 4.78 is 0. The summed E-state index contributed by atoms with van der Waals surface area (Å²) >= 11 is 5.97. The van der Waals surface area contributed by atoms with E-state index >= 15 is 0 Å². The molecular weight excluding hydrogens is 266 g/mol. The highest BCUT2D eigenvalue weighted by Gasteiger charge is 2.07. The predicted molar refractivity (Wildman–Crippen MR) is 76.5 cm³/mol. The number of benzene rings is 1. The van der Waals surface area contributed by atoms with E-state index in [0.717, 1.165) is 10.8 Å². The molecule has 4 N–H and O–H groups in total. The van der Waals surface area contributed by atoms with Crippen LogP contribution in [0.5, 0.6) is 0 Å². The van der Waals surface area contributed by atoms with Crippen LogP contribution in [0.25, 0.3) is 10.8 Å². The van der Waals surface area contributed by atoms with Crippen molar-refractivity contribution in [2.24, 2.45) is 0 Å². The zero-order chi connectivity index (χ0) is 13.8. The summed E-state index contributed by atoms with van der Waals surface area (Å²) in [4.78, 5) is 14.7. The van der Waals surface area contributed by atoms with Crippen LogP contribution in [0.3, 0.4) is 0 Å². The van der Waals surface area contributed by atoms with Crippen LogP contribution in [-0.2, 0) is 4.79 Å². The largest absolute Gasteiger partial charge is 0.481 e. The first-order chi connectivity index (χ1) is 9.09. The Bertz CT molecular complexity index is 616. The van der Waals surface area contributed by atoms with Gasteiger partial charge in [0.15, 0.2) is 0 Å². The molecule has 1 aromatic heterocycles. The standard InChI is InChI=1S/C13H14ClN3O2/c14-10-4-3-9-8(12(10)15)5-7-17-13(9)16-6-1-2-11(18)19/h3-5,7H,1-2,6,15H2,(H,16,17)(H,18,19). The molecule has 0 radical (unpaired) electrons. The molecule has 0 fully saturated rings. The van der Waals surface area contributed by atoms with Crippen LogP contribution >= 0.6 is 11.6 Å². The van der Waals surface area contributed by atoms with Gasteiger partial charge in [0, 0.05) is 29.9 Å². The Morgan fingerprint density at radius 3 is 2.89 bits per heavy atom. The van der Waals surface area contributed by atoms with E-state index in [-0.39, 0.29) is 6.42 Å². The number of rotatable bonds is 5. The van der Waals surface area contributed by atoms with Gasteiger partial charge in [-0.3, -0.25) is 4.79 Å². The fraction of sp³-hybridized carbons (Fsp3) is 0.231. The molecule has 0 saturated carbocycles. The van der Waals surface area contributed by atoms with E-state index in [2.05, 4.69) is 10.3 Å². The molecule has 5 nitrogen and oxygen atoms in total. The number of anilines is 2. The lowest BCUT2D eigenvalue weighted by molar-refractivity contribution is -0.137. The molecule has 19 heavy (non-hydrogen) atoms. The highest BCUT2D eigenvalue weighted by molar-refractivity contribution is 6.34. The van der Waals surface area contributed by atoms with E-state index in [0.29, 0.717) is 29.5 Å². The number of nitrogens with one attached hydrogen (secondary N) is 1. The summed E-state index contributed by atoms with van der Waals surface area (Å²) in [6, 6.07) is 5.38. The Morgan fingerprint density at radius 1 is 1.37 bits per heavy atom. The number of nitrogen functional groups attached to an aromatic ring is 1. The van der Waals surface area contributed by atoms with Gasteiger partial charge in [-0.25, -0.2) is 4.98 Å². The summed E-state index contributed by atoms with van der Waals surface area (Å²) in [5, 5.41) is 13.9. The molecule has 0 amide bonds.